The summed E-state index contributed by atoms with van der Waals surface area (Å²) in [5, 5.41) is -0.206. The number of aromatic nitrogens is 3. The molecule has 3 aliphatic heterocycles. The lowest BCUT2D eigenvalue weighted by molar-refractivity contribution is 0.0912. The predicted octanol–water partition coefficient (Wildman–Crippen LogP) is 2.70. The maximum atomic E-state index is 14.9. The highest BCUT2D eigenvalue weighted by molar-refractivity contribution is 6.30. The molecular weight excluding hydrogens is 435 g/mol. The van der Waals surface area contributed by atoms with Crippen molar-refractivity contribution in [2.45, 2.75) is 49.3 Å². The zero-order valence-electron chi connectivity index (χ0n) is 18.4. The third-order valence-corrected chi connectivity index (χ3v) is 6.91. The molecule has 0 bridgehead atoms. The van der Waals surface area contributed by atoms with E-state index in [9.17, 15) is 13.2 Å². The van der Waals surface area contributed by atoms with Crippen LogP contribution in [0.3, 0.4) is 0 Å². The van der Waals surface area contributed by atoms with Crippen LogP contribution >= 0.6 is 11.6 Å². The van der Waals surface area contributed by atoms with Gasteiger partial charge in [-0.15, -0.1) is 0 Å². The Balaban J connectivity index is 1.43. The Morgan fingerprint density at radius 3 is 3.10 bits per heavy atom. The van der Waals surface area contributed by atoms with Gasteiger partial charge in [0, 0.05) is 25.7 Å². The minimum Gasteiger partial charge on any atom is -0.461 e. The third-order valence-electron chi connectivity index (χ3n) is 6.64. The van der Waals surface area contributed by atoms with Gasteiger partial charge in [-0.1, -0.05) is 11.6 Å². The van der Waals surface area contributed by atoms with E-state index in [0.717, 1.165) is 0 Å². The van der Waals surface area contributed by atoms with Gasteiger partial charge in [-0.05, 0) is 19.4 Å². The lowest BCUT2D eigenvalue weighted by Gasteiger charge is -2.31. The van der Waals surface area contributed by atoms with Gasteiger partial charge in [0.2, 0.25) is 0 Å². The Morgan fingerprint density at radius 2 is 2.23 bits per heavy atom. The fraction of sp³-hybridized carbons (Fsp3) is 0.650. The highest BCUT2D eigenvalue weighted by atomic mass is 35.5. The first kappa shape index (κ1) is 17.6. The van der Waals surface area contributed by atoms with Crippen LogP contribution in [0.5, 0.6) is 6.01 Å². The molecular formula is C20H21ClF3N5O2. The fourth-order valence-corrected chi connectivity index (χ4v) is 5.26. The second-order valence-electron chi connectivity index (χ2n) is 8.51. The average Bonchev–Trinajstić information content (AvgIpc) is 3.09. The van der Waals surface area contributed by atoms with Gasteiger partial charge in [-0.3, -0.25) is 4.90 Å². The Hall–Kier alpha value is -1.91. The molecule has 4 fully saturated rings. The fourth-order valence-electron chi connectivity index (χ4n) is 5.12. The third kappa shape index (κ3) is 3.06. The second kappa shape index (κ2) is 7.05. The lowest BCUT2D eigenvalue weighted by atomic mass is 9.95. The molecule has 6 rings (SSSR count). The summed E-state index contributed by atoms with van der Waals surface area (Å²) in [5.74, 6) is -0.742. The number of rotatable bonds is 4. The average molecular weight is 458 g/mol. The lowest BCUT2D eigenvalue weighted by Crippen LogP contribution is -2.43. The van der Waals surface area contributed by atoms with Gasteiger partial charge in [0.1, 0.15) is 30.2 Å². The number of hydrogen-bond donors (Lipinski definition) is 0. The van der Waals surface area contributed by atoms with Crippen molar-refractivity contribution in [2.75, 3.05) is 37.7 Å². The van der Waals surface area contributed by atoms with Gasteiger partial charge < -0.3 is 14.4 Å². The first-order valence-corrected chi connectivity index (χ1v) is 10.7. The van der Waals surface area contributed by atoms with Crippen LogP contribution in [0.4, 0.5) is 19.0 Å². The van der Waals surface area contributed by atoms with Crippen molar-refractivity contribution < 1.29 is 25.4 Å². The van der Waals surface area contributed by atoms with Gasteiger partial charge in [0.05, 0.1) is 26.3 Å². The molecule has 2 aromatic heterocycles. The summed E-state index contributed by atoms with van der Waals surface area (Å²) in [6.45, 7) is -1.09. The summed E-state index contributed by atoms with van der Waals surface area (Å²) in [6, 6.07) is -1.02. The van der Waals surface area contributed by atoms with Crippen LogP contribution in [0.25, 0.3) is 10.9 Å². The molecule has 0 radical (unpaired) electrons. The molecule has 1 aliphatic carbocycles. The molecule has 0 unspecified atom stereocenters. The first-order valence-electron chi connectivity index (χ1n) is 11.3. The van der Waals surface area contributed by atoms with Gasteiger partial charge in [0.25, 0.3) is 0 Å². The maximum absolute atomic E-state index is 14.9. The van der Waals surface area contributed by atoms with Crippen LogP contribution in [0.15, 0.2) is 6.20 Å². The van der Waals surface area contributed by atoms with Crippen molar-refractivity contribution in [1.29, 1.82) is 0 Å². The van der Waals surface area contributed by atoms with Crippen LogP contribution in [0, 0.1) is 5.82 Å². The van der Waals surface area contributed by atoms with E-state index in [2.05, 4.69) is 15.0 Å². The molecule has 7 nitrogen and oxygen atoms in total. The van der Waals surface area contributed by atoms with E-state index in [1.54, 1.807) is 9.80 Å². The van der Waals surface area contributed by atoms with E-state index in [4.69, 9.17) is 23.8 Å². The smallest absolute Gasteiger partial charge is 0.319 e. The number of ether oxygens (including phenoxy) is 2. The summed E-state index contributed by atoms with van der Waals surface area (Å²) in [6.07, 6.45) is -0.565. The number of fused-ring (bicyclic) bond motifs is 3. The molecule has 0 spiro atoms. The van der Waals surface area contributed by atoms with E-state index in [1.807, 2.05) is 0 Å². The molecule has 4 aliphatic rings. The summed E-state index contributed by atoms with van der Waals surface area (Å²) in [5.41, 5.74) is -1.37. The van der Waals surface area contributed by atoms with Crippen molar-refractivity contribution in [3.8, 4) is 6.01 Å². The Morgan fingerprint density at radius 1 is 1.35 bits per heavy atom. The quantitative estimate of drug-likeness (QED) is 0.654. The van der Waals surface area contributed by atoms with Gasteiger partial charge in [0.15, 0.2) is 17.1 Å². The maximum Gasteiger partial charge on any atom is 0.319 e. The van der Waals surface area contributed by atoms with Crippen molar-refractivity contribution in [2.24, 2.45) is 0 Å². The van der Waals surface area contributed by atoms with Crippen LogP contribution in [-0.2, 0) is 4.74 Å². The highest BCUT2D eigenvalue weighted by Gasteiger charge is 2.59. The number of halogens is 4. The summed E-state index contributed by atoms with van der Waals surface area (Å²) < 4.78 is 71.9. The number of alkyl halides is 2. The molecule has 3 saturated heterocycles. The normalized spacial score (nSPS) is 36.2. The van der Waals surface area contributed by atoms with Crippen LogP contribution in [0.2, 0.25) is 5.15 Å². The topological polar surface area (TPSA) is 63.6 Å². The first-order chi connectivity index (χ1) is 15.7. The standard InChI is InChI=1S/C20H21ClF3N5O2/c21-17-12(23)14-11(7-25-17)18(29-4-5-30-16-13(24)15(16)29)27-19(26-14)31-9-20-2-1-3-28(20)8-10(22)6-20/h7,10,13,15-16H,1-6,8-9H2/t10-,13+,15+,16-,20+/m1/s1/i9D2. The van der Waals surface area contributed by atoms with Crippen LogP contribution < -0.4 is 9.64 Å². The number of pyridine rings is 1. The van der Waals surface area contributed by atoms with E-state index in [1.165, 1.54) is 6.20 Å². The molecule has 0 amide bonds. The van der Waals surface area contributed by atoms with Crippen LogP contribution in [-0.4, -0.2) is 82.7 Å². The van der Waals surface area contributed by atoms with Crippen molar-refractivity contribution >= 4 is 28.3 Å². The number of morpholine rings is 1. The Bertz CT molecular complexity index is 1130. The largest absolute Gasteiger partial charge is 0.461 e. The summed E-state index contributed by atoms with van der Waals surface area (Å²) in [7, 11) is 0. The minimum absolute atomic E-state index is 0.0126. The predicted molar refractivity (Wildman–Crippen MR) is 107 cm³/mol. The molecule has 5 atom stereocenters. The van der Waals surface area contributed by atoms with Crippen LogP contribution in [0.1, 0.15) is 22.0 Å². The van der Waals surface area contributed by atoms with E-state index in [-0.39, 0.29) is 36.3 Å². The second-order valence-corrected chi connectivity index (χ2v) is 8.86. The summed E-state index contributed by atoms with van der Waals surface area (Å²) >= 11 is 5.86. The minimum atomic E-state index is -2.35. The molecule has 5 heterocycles. The zero-order valence-corrected chi connectivity index (χ0v) is 17.2. The molecule has 31 heavy (non-hydrogen) atoms. The molecule has 0 aromatic carbocycles. The van der Waals surface area contributed by atoms with Gasteiger partial charge in [-0.2, -0.15) is 9.97 Å². The molecule has 1 saturated carbocycles. The number of nitrogens with zero attached hydrogens (tertiary/aromatic N) is 5. The zero-order chi connectivity index (χ0) is 23.1. The van der Waals surface area contributed by atoms with Crippen molar-refractivity contribution in [3.05, 3.63) is 17.2 Å². The van der Waals surface area contributed by atoms with E-state index < -0.39 is 53.6 Å². The van der Waals surface area contributed by atoms with E-state index in [0.29, 0.717) is 25.9 Å². The number of anilines is 1. The van der Waals surface area contributed by atoms with Gasteiger partial charge >= 0.3 is 6.01 Å². The molecule has 166 valence electrons. The van der Waals surface area contributed by atoms with Gasteiger partial charge in [-0.25, -0.2) is 18.2 Å². The Kier molecular flexibility index (Phi) is 4.01. The highest BCUT2D eigenvalue weighted by Crippen LogP contribution is 2.43. The SMILES string of the molecule is [2H]C([2H])(Oc1nc(N2CCO[C@@H]3[C@@H](F)[C@@H]32)c2cnc(Cl)c(F)c2n1)[C@@]12CCCN1C[C@H](F)C2. The van der Waals surface area contributed by atoms with E-state index >= 15 is 0 Å². The molecule has 11 heteroatoms. The van der Waals surface area contributed by atoms with Crippen molar-refractivity contribution in [1.82, 2.24) is 19.9 Å². The van der Waals surface area contributed by atoms with Crippen molar-refractivity contribution in [3.63, 3.8) is 0 Å². The summed E-state index contributed by atoms with van der Waals surface area (Å²) in [4.78, 5) is 15.7. The monoisotopic (exact) mass is 457 g/mol. The molecule has 2 aromatic rings. The Labute approximate surface area is 184 Å². The molecule has 0 N–H and O–H groups in total. The number of hydrogen-bond acceptors (Lipinski definition) is 7.